The number of hydrogen-bond acceptors (Lipinski definition) is 6. The van der Waals surface area contributed by atoms with Gasteiger partial charge in [0.05, 0.1) is 10.3 Å². The first-order chi connectivity index (χ1) is 14.5. The third-order valence-electron chi connectivity index (χ3n) is 5.44. The Morgan fingerprint density at radius 1 is 1.13 bits per heavy atom. The van der Waals surface area contributed by atoms with E-state index in [9.17, 15) is 19.5 Å². The standard InChI is InChI=1S/C20H21Cl2N2O6P/c1-19(13-20(19,21)22)18(25)23(15-9-11-16(12-10-15)24(26)27)17(31(28,29-2)30-3)14-7-5-4-6-8-14/h4-12,17H,13H2,1-3H3. The first-order valence-electron chi connectivity index (χ1n) is 9.23. The van der Waals surface area contributed by atoms with Gasteiger partial charge in [-0.15, -0.1) is 23.2 Å². The first kappa shape index (κ1) is 23.7. The second-order valence-electron chi connectivity index (χ2n) is 7.35. The molecule has 0 spiro atoms. The minimum atomic E-state index is -3.92. The summed E-state index contributed by atoms with van der Waals surface area (Å²) in [5, 5.41) is 11.1. The summed E-state index contributed by atoms with van der Waals surface area (Å²) in [4.78, 5) is 25.5. The van der Waals surface area contributed by atoms with E-state index < -0.39 is 34.0 Å². The predicted molar refractivity (Wildman–Crippen MR) is 119 cm³/mol. The largest absolute Gasteiger partial charge is 0.357 e. The fourth-order valence-corrected chi connectivity index (χ4v) is 5.68. The van der Waals surface area contributed by atoms with Crippen molar-refractivity contribution in [2.24, 2.45) is 5.41 Å². The zero-order chi connectivity index (χ0) is 23.0. The summed E-state index contributed by atoms with van der Waals surface area (Å²) in [6.07, 6.45) is 0.192. The van der Waals surface area contributed by atoms with Crippen molar-refractivity contribution >= 4 is 48.1 Å². The van der Waals surface area contributed by atoms with Gasteiger partial charge in [0.15, 0.2) is 5.78 Å². The second kappa shape index (κ2) is 8.52. The summed E-state index contributed by atoms with van der Waals surface area (Å²) in [6, 6.07) is 13.9. The Morgan fingerprint density at radius 2 is 1.65 bits per heavy atom. The van der Waals surface area contributed by atoms with Gasteiger partial charge in [-0.1, -0.05) is 30.3 Å². The molecule has 0 saturated heterocycles. The molecule has 1 saturated carbocycles. The highest BCUT2D eigenvalue weighted by Gasteiger charge is 2.70. The zero-order valence-corrected chi connectivity index (χ0v) is 19.4. The molecule has 0 radical (unpaired) electrons. The number of nitro benzene ring substituents is 1. The van der Waals surface area contributed by atoms with Gasteiger partial charge in [0.25, 0.3) is 5.69 Å². The molecular formula is C20H21Cl2N2O6P. The average molecular weight is 487 g/mol. The number of amides is 1. The van der Waals surface area contributed by atoms with Gasteiger partial charge in [-0.25, -0.2) is 0 Å². The highest BCUT2D eigenvalue weighted by molar-refractivity contribution is 7.54. The normalized spacial score (nSPS) is 20.7. The first-order valence-corrected chi connectivity index (χ1v) is 11.6. The topological polar surface area (TPSA) is 99.0 Å². The van der Waals surface area contributed by atoms with Crippen LogP contribution in [0.5, 0.6) is 0 Å². The number of benzene rings is 2. The van der Waals surface area contributed by atoms with Crippen LogP contribution in [0.3, 0.4) is 0 Å². The Kier molecular flexibility index (Phi) is 6.52. The highest BCUT2D eigenvalue weighted by Crippen LogP contribution is 2.68. The van der Waals surface area contributed by atoms with Gasteiger partial charge in [0, 0.05) is 32.0 Å². The summed E-state index contributed by atoms with van der Waals surface area (Å²) in [7, 11) is -1.46. The molecule has 2 unspecified atom stereocenters. The lowest BCUT2D eigenvalue weighted by Crippen LogP contribution is -2.41. The second-order valence-corrected chi connectivity index (χ2v) is 11.1. The van der Waals surface area contributed by atoms with Crippen molar-refractivity contribution in [2.45, 2.75) is 23.5 Å². The fourth-order valence-electron chi connectivity index (χ4n) is 3.37. The number of nitro groups is 1. The quantitative estimate of drug-likeness (QED) is 0.205. The summed E-state index contributed by atoms with van der Waals surface area (Å²) in [5.41, 5.74) is -0.566. The van der Waals surface area contributed by atoms with E-state index in [4.69, 9.17) is 32.2 Å². The summed E-state index contributed by atoms with van der Waals surface area (Å²) >= 11 is 12.5. The van der Waals surface area contributed by atoms with E-state index in [1.165, 1.54) is 43.4 Å². The molecule has 1 aliphatic carbocycles. The van der Waals surface area contributed by atoms with Gasteiger partial charge in [-0.2, -0.15) is 0 Å². The number of rotatable bonds is 8. The molecule has 11 heteroatoms. The van der Waals surface area contributed by atoms with E-state index in [1.807, 2.05) is 0 Å². The summed E-state index contributed by atoms with van der Waals surface area (Å²) in [5.74, 6) is -1.69. The van der Waals surface area contributed by atoms with E-state index in [0.717, 1.165) is 0 Å². The molecule has 2 aromatic carbocycles. The summed E-state index contributed by atoms with van der Waals surface area (Å²) in [6.45, 7) is 1.61. The van der Waals surface area contributed by atoms with Crippen molar-refractivity contribution < 1.29 is 23.3 Å². The Hall–Kier alpha value is -1.96. The molecule has 0 bridgehead atoms. The molecule has 3 rings (SSSR count). The predicted octanol–water partition coefficient (Wildman–Crippen LogP) is 5.70. The minimum absolute atomic E-state index is 0.157. The van der Waals surface area contributed by atoms with Crippen molar-refractivity contribution in [1.29, 1.82) is 0 Å². The number of non-ortho nitro benzene ring substituents is 1. The van der Waals surface area contributed by atoms with Gasteiger partial charge in [0.2, 0.25) is 5.91 Å². The number of carbonyl (C=O) groups is 1. The van der Waals surface area contributed by atoms with Gasteiger partial charge >= 0.3 is 7.60 Å². The van der Waals surface area contributed by atoms with E-state index in [-0.39, 0.29) is 17.8 Å². The zero-order valence-electron chi connectivity index (χ0n) is 17.0. The number of nitrogens with zero attached hydrogens (tertiary/aromatic N) is 2. The number of hydrogen-bond donors (Lipinski definition) is 0. The van der Waals surface area contributed by atoms with Crippen LogP contribution in [0.25, 0.3) is 0 Å². The van der Waals surface area contributed by atoms with E-state index in [2.05, 4.69) is 0 Å². The number of alkyl halides is 2. The van der Waals surface area contributed by atoms with Crippen molar-refractivity contribution in [3.8, 4) is 0 Å². The maximum atomic E-state index is 13.7. The third kappa shape index (κ3) is 4.23. The molecule has 1 fully saturated rings. The van der Waals surface area contributed by atoms with Gasteiger partial charge in [0.1, 0.15) is 4.33 Å². The van der Waals surface area contributed by atoms with Gasteiger partial charge in [-0.05, 0) is 31.0 Å². The third-order valence-corrected chi connectivity index (χ3v) is 8.69. The molecule has 0 heterocycles. The van der Waals surface area contributed by atoms with Gasteiger partial charge in [-0.3, -0.25) is 24.4 Å². The smallest absolute Gasteiger partial charge is 0.310 e. The van der Waals surface area contributed by atoms with Crippen LogP contribution >= 0.6 is 30.8 Å². The summed E-state index contributed by atoms with van der Waals surface area (Å²) < 4.78 is 22.9. The SMILES string of the molecule is COP(=O)(OC)C(c1ccccc1)N(C(=O)C1(C)CC1(Cl)Cl)c1ccc([N+](=O)[O-])cc1. The molecule has 2 atom stereocenters. The van der Waals surface area contributed by atoms with Crippen LogP contribution in [-0.4, -0.2) is 29.4 Å². The maximum absolute atomic E-state index is 13.7. The van der Waals surface area contributed by atoms with E-state index >= 15 is 0 Å². The minimum Gasteiger partial charge on any atom is -0.310 e. The van der Waals surface area contributed by atoms with E-state index in [0.29, 0.717) is 5.56 Å². The van der Waals surface area contributed by atoms with E-state index in [1.54, 1.807) is 37.3 Å². The Bertz CT molecular complexity index is 1030. The highest BCUT2D eigenvalue weighted by atomic mass is 35.5. The maximum Gasteiger partial charge on any atom is 0.357 e. The molecule has 2 aromatic rings. The lowest BCUT2D eigenvalue weighted by Gasteiger charge is -2.37. The van der Waals surface area contributed by atoms with Crippen molar-refractivity contribution in [2.75, 3.05) is 19.1 Å². The average Bonchev–Trinajstić information content (AvgIpc) is 3.30. The Balaban J connectivity index is 2.22. The van der Waals surface area contributed by atoms with Crippen molar-refractivity contribution in [3.63, 3.8) is 0 Å². The van der Waals surface area contributed by atoms with Crippen LogP contribution in [0, 0.1) is 15.5 Å². The van der Waals surface area contributed by atoms with Gasteiger partial charge < -0.3 is 9.05 Å². The molecule has 1 aliphatic rings. The Labute approximate surface area is 189 Å². The molecule has 0 aromatic heterocycles. The molecule has 0 N–H and O–H groups in total. The monoisotopic (exact) mass is 486 g/mol. The molecule has 0 aliphatic heterocycles. The van der Waals surface area contributed by atoms with Crippen molar-refractivity contribution in [1.82, 2.24) is 0 Å². The van der Waals surface area contributed by atoms with Crippen LogP contribution in [0.15, 0.2) is 54.6 Å². The number of anilines is 1. The molecule has 1 amide bonds. The van der Waals surface area contributed by atoms with Crippen LogP contribution in [0.2, 0.25) is 0 Å². The van der Waals surface area contributed by atoms with Crippen LogP contribution in [0.4, 0.5) is 11.4 Å². The molecule has 31 heavy (non-hydrogen) atoms. The number of halogens is 2. The molecular weight excluding hydrogens is 466 g/mol. The molecule has 8 nitrogen and oxygen atoms in total. The fraction of sp³-hybridized carbons (Fsp3) is 0.350. The van der Waals surface area contributed by atoms with Crippen molar-refractivity contribution in [3.05, 3.63) is 70.3 Å². The van der Waals surface area contributed by atoms with Crippen LogP contribution in [-0.2, 0) is 18.4 Å². The van der Waals surface area contributed by atoms with Crippen LogP contribution < -0.4 is 4.90 Å². The Morgan fingerprint density at radius 3 is 2.06 bits per heavy atom. The van der Waals surface area contributed by atoms with Crippen LogP contribution in [0.1, 0.15) is 24.7 Å². The number of carbonyl (C=O) groups excluding carboxylic acids is 1. The molecule has 166 valence electrons. The lowest BCUT2D eigenvalue weighted by atomic mass is 10.1. The lowest BCUT2D eigenvalue weighted by molar-refractivity contribution is -0.384.